The third-order valence-corrected chi connectivity index (χ3v) is 18.9. The fraction of sp³-hybridized carbons (Fsp3) is 0.722. The normalized spacial score (nSPS) is 11.8. The van der Waals surface area contributed by atoms with Gasteiger partial charge in [0.15, 0.2) is 0 Å². The van der Waals surface area contributed by atoms with E-state index in [1.54, 1.807) is 12.1 Å². The number of rotatable bonds is 50. The number of benzene rings is 4. The number of hydrogen-bond acceptors (Lipinski definition) is 6. The van der Waals surface area contributed by atoms with Gasteiger partial charge in [-0.25, -0.2) is 16.8 Å². The van der Waals surface area contributed by atoms with E-state index < -0.39 is 20.2 Å². The van der Waals surface area contributed by atoms with Gasteiger partial charge in [-0.15, -0.1) is 0 Å². The largest absolute Gasteiger partial charge is 2.00 e. The third kappa shape index (κ3) is 34.1. The second-order valence-electron chi connectivity index (χ2n) is 24.2. The maximum absolute atomic E-state index is 12.2. The molecule has 4 aromatic rings. The van der Waals surface area contributed by atoms with Crippen molar-refractivity contribution in [2.24, 2.45) is 0 Å². The van der Waals surface area contributed by atoms with Crippen LogP contribution < -0.4 is 0 Å². The van der Waals surface area contributed by atoms with E-state index in [1.165, 1.54) is 255 Å². The average Bonchev–Trinajstić information content (AvgIpc) is 3.60. The molecule has 0 saturated carbocycles. The Morgan fingerprint density at radius 3 is 0.667 bits per heavy atom. The Balaban J connectivity index is 0.000000547. The van der Waals surface area contributed by atoms with E-state index in [-0.39, 0.29) is 58.7 Å². The average molecular weight is 1280 g/mol. The van der Waals surface area contributed by atoms with Gasteiger partial charge in [0.25, 0.3) is 0 Å². The van der Waals surface area contributed by atoms with Crippen LogP contribution in [0.1, 0.15) is 332 Å². The summed E-state index contributed by atoms with van der Waals surface area (Å²) in [6, 6.07) is 19.1. The van der Waals surface area contributed by atoms with Crippen LogP contribution in [0.25, 0.3) is 21.5 Å². The van der Waals surface area contributed by atoms with Gasteiger partial charge in [-0.1, -0.05) is 333 Å². The minimum absolute atomic E-state index is 0. The Bertz CT molecular complexity index is 2230. The molecule has 0 heterocycles. The molecule has 0 aromatic heterocycles. The molecule has 4 aromatic carbocycles. The second kappa shape index (κ2) is 48.9. The van der Waals surface area contributed by atoms with Gasteiger partial charge in [0.2, 0.25) is 0 Å². The molecule has 0 amide bonds. The molecule has 0 fully saturated rings. The van der Waals surface area contributed by atoms with E-state index in [0.717, 1.165) is 86.1 Å². The molecule has 4 rings (SSSR count). The van der Waals surface area contributed by atoms with Gasteiger partial charge in [-0.05, 0) is 96.5 Å². The van der Waals surface area contributed by atoms with E-state index in [9.17, 15) is 25.9 Å². The van der Waals surface area contributed by atoms with Crippen molar-refractivity contribution >= 4 is 90.7 Å². The molecule has 0 aliphatic carbocycles. The van der Waals surface area contributed by atoms with E-state index in [0.29, 0.717) is 10.8 Å². The summed E-state index contributed by atoms with van der Waals surface area (Å²) in [4.78, 5) is -0.0762. The Labute approximate surface area is 540 Å². The Morgan fingerprint density at radius 1 is 0.259 bits per heavy atom. The van der Waals surface area contributed by atoms with Crippen molar-refractivity contribution in [3.63, 3.8) is 0 Å². The molecule has 0 bridgehead atoms. The predicted molar refractivity (Wildman–Crippen MR) is 350 cm³/mol. The zero-order valence-corrected chi connectivity index (χ0v) is 58.8. The molecule has 9 heteroatoms. The van der Waals surface area contributed by atoms with Crippen LogP contribution in [-0.2, 0) is 45.9 Å². The number of hydrogen-bond donors (Lipinski definition) is 0. The van der Waals surface area contributed by atoms with E-state index in [2.05, 4.69) is 27.7 Å². The van der Waals surface area contributed by atoms with Crippen LogP contribution in [0, 0.1) is 0 Å². The molecule has 6 nitrogen and oxygen atoms in total. The Morgan fingerprint density at radius 2 is 0.457 bits per heavy atom. The van der Waals surface area contributed by atoms with E-state index in [1.807, 2.05) is 48.5 Å². The van der Waals surface area contributed by atoms with Gasteiger partial charge in [-0.3, -0.25) is 0 Å². The van der Waals surface area contributed by atoms with Crippen LogP contribution in [0.4, 0.5) is 0 Å². The summed E-state index contributed by atoms with van der Waals surface area (Å²) in [7, 11) is -9.04. The van der Waals surface area contributed by atoms with Crippen molar-refractivity contribution in [1.82, 2.24) is 0 Å². The standard InChI is InChI=1S/2C36H60O3S.Ba/c2*1-3-5-7-9-11-13-15-17-19-21-23-26-32-30-31-35(40(37,38)39)36-33(28-25-29-34(32)36)27-24-22-20-18-16-14-12-10-8-6-4-2;/h2*25,28-31H,3-24,26-27H2,1-2H3,(H,37,38,39);/q;;+2/p-2. The monoisotopic (exact) mass is 1280 g/mol. The van der Waals surface area contributed by atoms with Crippen LogP contribution in [0.5, 0.6) is 0 Å². The first-order valence-electron chi connectivity index (χ1n) is 34.0. The van der Waals surface area contributed by atoms with Crippen molar-refractivity contribution in [3.05, 3.63) is 82.9 Å². The van der Waals surface area contributed by atoms with Gasteiger partial charge in [0.05, 0.1) is 9.79 Å². The first kappa shape index (κ1) is 75.9. The molecule has 0 saturated heterocycles. The molecule has 0 N–H and O–H groups in total. The predicted octanol–water partition coefficient (Wildman–Crippen LogP) is 22.5. The summed E-state index contributed by atoms with van der Waals surface area (Å²) < 4.78 is 73.0. The molecule has 0 radical (unpaired) electrons. The summed E-state index contributed by atoms with van der Waals surface area (Å²) in [5.74, 6) is 0. The molecule has 0 unspecified atom stereocenters. The first-order chi connectivity index (χ1) is 39.0. The molecule has 0 atom stereocenters. The SMILES string of the molecule is CCCCCCCCCCCCCc1ccc(S(=O)(=O)[O-])c2c(CCCCCCCCCCCCC)cccc12.CCCCCCCCCCCCCc1ccc(S(=O)(=O)[O-])c2c(CCCCCCCCCCCCC)cccc12.[Ba+2]. The quantitative estimate of drug-likeness (QED) is 0.0247. The summed E-state index contributed by atoms with van der Waals surface area (Å²) in [6.07, 6.45) is 60.7. The van der Waals surface area contributed by atoms with Crippen LogP contribution in [0.15, 0.2) is 70.5 Å². The van der Waals surface area contributed by atoms with Gasteiger partial charge in [-0.2, -0.15) is 0 Å². The van der Waals surface area contributed by atoms with Crippen molar-refractivity contribution in [3.8, 4) is 0 Å². The summed E-state index contributed by atoms with van der Waals surface area (Å²) in [6.45, 7) is 9.05. The molecule has 0 aliphatic rings. The fourth-order valence-corrected chi connectivity index (χ4v) is 13.7. The minimum atomic E-state index is -4.52. The van der Waals surface area contributed by atoms with Crippen molar-refractivity contribution in [1.29, 1.82) is 0 Å². The van der Waals surface area contributed by atoms with E-state index >= 15 is 0 Å². The Kier molecular flexibility index (Phi) is 45.8. The minimum Gasteiger partial charge on any atom is -0.744 e. The zero-order valence-electron chi connectivity index (χ0n) is 52.7. The van der Waals surface area contributed by atoms with Crippen LogP contribution >= 0.6 is 0 Å². The maximum Gasteiger partial charge on any atom is 2.00 e. The first-order valence-corrected chi connectivity index (χ1v) is 36.8. The summed E-state index contributed by atoms with van der Waals surface area (Å²) in [5, 5.41) is 3.30. The molecule has 456 valence electrons. The number of aryl methyl sites for hydroxylation is 4. The van der Waals surface area contributed by atoms with Gasteiger partial charge in [0, 0.05) is 10.8 Å². The molecule has 0 spiro atoms. The molecule has 0 aliphatic heterocycles. The summed E-state index contributed by atoms with van der Waals surface area (Å²) >= 11 is 0. The smallest absolute Gasteiger partial charge is 0.744 e. The third-order valence-electron chi connectivity index (χ3n) is 17.1. The zero-order chi connectivity index (χ0) is 57.8. The van der Waals surface area contributed by atoms with Crippen LogP contribution in [0.2, 0.25) is 0 Å². The van der Waals surface area contributed by atoms with Crippen molar-refractivity contribution < 1.29 is 25.9 Å². The molecular weight excluding hydrogens is 1160 g/mol. The fourth-order valence-electron chi connectivity index (χ4n) is 12.2. The molecule has 81 heavy (non-hydrogen) atoms. The molecular formula is C72H118BaO6S2. The van der Waals surface area contributed by atoms with Gasteiger partial charge in [0.1, 0.15) is 20.2 Å². The van der Waals surface area contributed by atoms with Gasteiger partial charge >= 0.3 is 48.9 Å². The van der Waals surface area contributed by atoms with Crippen molar-refractivity contribution in [2.45, 2.75) is 346 Å². The van der Waals surface area contributed by atoms with Crippen molar-refractivity contribution in [2.75, 3.05) is 0 Å². The second-order valence-corrected chi connectivity index (χ2v) is 26.9. The van der Waals surface area contributed by atoms with E-state index in [4.69, 9.17) is 0 Å². The van der Waals surface area contributed by atoms with Crippen LogP contribution in [0.3, 0.4) is 0 Å². The Hall–Kier alpha value is -1.21. The topological polar surface area (TPSA) is 114 Å². The maximum atomic E-state index is 12.2. The number of fused-ring (bicyclic) bond motifs is 2. The number of unbranched alkanes of at least 4 members (excludes halogenated alkanes) is 40. The van der Waals surface area contributed by atoms with Crippen LogP contribution in [-0.4, -0.2) is 74.8 Å². The van der Waals surface area contributed by atoms with Gasteiger partial charge < -0.3 is 9.11 Å². The summed E-state index contributed by atoms with van der Waals surface area (Å²) in [5.41, 5.74) is 4.39.